The number of hydrogen-bond donors (Lipinski definition) is 11. The molecule has 0 saturated carbocycles. The van der Waals surface area contributed by atoms with Gasteiger partial charge in [-0.1, -0.05) is 0 Å². The molecule has 0 bridgehead atoms. The van der Waals surface area contributed by atoms with E-state index in [2.05, 4.69) is 25.9 Å². The Bertz CT molecular complexity index is 1060. The van der Waals surface area contributed by atoms with Gasteiger partial charge in [0, 0.05) is 32.7 Å². The predicted octanol–water partition coefficient (Wildman–Crippen LogP) is -4.57. The summed E-state index contributed by atoms with van der Waals surface area (Å²) in [6.45, 7) is 1.04. The Hall–Kier alpha value is -4.23. The molecule has 46 heavy (non-hydrogen) atoms. The van der Waals surface area contributed by atoms with Crippen LogP contribution in [0.4, 0.5) is 0 Å². The second-order valence-electron chi connectivity index (χ2n) is 11.1. The standard InChI is InChI=1S/C27H53N13O6/c28-15-19(24(44)40-14-6-10-20(40)23(43)38-18(25(45)46)9-5-13-37-27(33)34)39-22(42)17(30)8-1-3-11-35-21(41)16(29)7-2-4-12-36-26(31)32/h16-20H,1-15,28-30H2,(H,35,41)(H,38,43)(H,39,42)(H,45,46)(H4,31,32,36)(H4,33,34,37). The van der Waals surface area contributed by atoms with Gasteiger partial charge in [-0.2, -0.15) is 0 Å². The third-order valence-corrected chi connectivity index (χ3v) is 7.38. The molecule has 19 nitrogen and oxygen atoms in total. The van der Waals surface area contributed by atoms with Crippen molar-refractivity contribution in [2.75, 3.05) is 32.7 Å². The number of carbonyl (C=O) groups is 5. The first-order valence-corrected chi connectivity index (χ1v) is 15.5. The first-order chi connectivity index (χ1) is 21.8. The number of amides is 4. The van der Waals surface area contributed by atoms with Gasteiger partial charge in [-0.3, -0.25) is 29.2 Å². The topological polar surface area (TPSA) is 352 Å². The molecule has 18 N–H and O–H groups in total. The summed E-state index contributed by atoms with van der Waals surface area (Å²) in [5.41, 5.74) is 38.8. The molecule has 0 aromatic rings. The maximum absolute atomic E-state index is 13.3. The van der Waals surface area contributed by atoms with Crippen LogP contribution in [0.15, 0.2) is 9.98 Å². The molecule has 1 rings (SSSR count). The maximum Gasteiger partial charge on any atom is 0.326 e. The summed E-state index contributed by atoms with van der Waals surface area (Å²) >= 11 is 0. The minimum Gasteiger partial charge on any atom is -0.480 e. The molecule has 19 heteroatoms. The van der Waals surface area contributed by atoms with E-state index in [-0.39, 0.29) is 43.9 Å². The number of unbranched alkanes of at least 4 members (excludes halogenated alkanes) is 2. The number of nitrogens with one attached hydrogen (secondary N) is 3. The normalized spacial score (nSPS) is 16.8. The molecular weight excluding hydrogens is 602 g/mol. The Morgan fingerprint density at radius 1 is 0.783 bits per heavy atom. The van der Waals surface area contributed by atoms with Gasteiger partial charge in [-0.25, -0.2) is 4.79 Å². The number of rotatable bonds is 22. The van der Waals surface area contributed by atoms with E-state index in [0.29, 0.717) is 70.9 Å². The highest BCUT2D eigenvalue weighted by molar-refractivity contribution is 5.94. The molecule has 0 aromatic carbocycles. The van der Waals surface area contributed by atoms with Crippen molar-refractivity contribution in [2.45, 2.75) is 94.4 Å². The van der Waals surface area contributed by atoms with Gasteiger partial charge in [-0.15, -0.1) is 0 Å². The number of guanidine groups is 2. The molecule has 0 radical (unpaired) electrons. The van der Waals surface area contributed by atoms with Crippen LogP contribution in [0.2, 0.25) is 0 Å². The quantitative estimate of drug-likeness (QED) is 0.0297. The molecule has 5 atom stereocenters. The van der Waals surface area contributed by atoms with E-state index in [1.165, 1.54) is 4.90 Å². The molecule has 1 saturated heterocycles. The number of aliphatic imine (C=N–C) groups is 2. The molecule has 262 valence electrons. The highest BCUT2D eigenvalue weighted by Gasteiger charge is 2.38. The Balaban J connectivity index is 2.50. The van der Waals surface area contributed by atoms with Gasteiger partial charge in [0.2, 0.25) is 23.6 Å². The molecular formula is C27H53N13O6. The van der Waals surface area contributed by atoms with Crippen molar-refractivity contribution in [1.82, 2.24) is 20.9 Å². The number of hydrogen-bond acceptors (Lipinski definition) is 10. The molecule has 0 aliphatic carbocycles. The van der Waals surface area contributed by atoms with Gasteiger partial charge in [0.25, 0.3) is 0 Å². The summed E-state index contributed by atoms with van der Waals surface area (Å²) in [6, 6.07) is -4.82. The average molecular weight is 656 g/mol. The van der Waals surface area contributed by atoms with Gasteiger partial charge >= 0.3 is 5.97 Å². The number of aliphatic carboxylic acids is 1. The van der Waals surface area contributed by atoms with Crippen molar-refractivity contribution < 1.29 is 29.1 Å². The zero-order chi connectivity index (χ0) is 34.6. The molecule has 0 spiro atoms. The van der Waals surface area contributed by atoms with E-state index in [4.69, 9.17) is 40.1 Å². The number of nitrogens with two attached hydrogens (primary N) is 7. The first-order valence-electron chi connectivity index (χ1n) is 15.5. The monoisotopic (exact) mass is 655 g/mol. The fourth-order valence-corrected chi connectivity index (χ4v) is 4.81. The van der Waals surface area contributed by atoms with Crippen LogP contribution in [0.5, 0.6) is 0 Å². The summed E-state index contributed by atoms with van der Waals surface area (Å²) in [5.74, 6) is -3.36. The van der Waals surface area contributed by atoms with Gasteiger partial charge in [0.1, 0.15) is 18.1 Å². The number of carboxylic acid groups (broad SMARTS) is 1. The smallest absolute Gasteiger partial charge is 0.326 e. The second kappa shape index (κ2) is 21.5. The summed E-state index contributed by atoms with van der Waals surface area (Å²) in [6.07, 6.45) is 4.50. The Morgan fingerprint density at radius 3 is 1.96 bits per heavy atom. The van der Waals surface area contributed by atoms with Crippen LogP contribution in [-0.2, 0) is 24.0 Å². The van der Waals surface area contributed by atoms with Crippen LogP contribution < -0.4 is 56.1 Å². The maximum atomic E-state index is 13.3. The van der Waals surface area contributed by atoms with E-state index in [1.807, 2.05) is 0 Å². The molecule has 1 heterocycles. The van der Waals surface area contributed by atoms with Gasteiger partial charge in [0.15, 0.2) is 11.9 Å². The summed E-state index contributed by atoms with van der Waals surface area (Å²) in [4.78, 5) is 71.8. The molecule has 5 unspecified atom stereocenters. The number of carboxylic acids is 1. The van der Waals surface area contributed by atoms with E-state index in [1.54, 1.807) is 0 Å². The largest absolute Gasteiger partial charge is 0.480 e. The average Bonchev–Trinajstić information content (AvgIpc) is 3.50. The highest BCUT2D eigenvalue weighted by Crippen LogP contribution is 2.19. The third kappa shape index (κ3) is 15.2. The first kappa shape index (κ1) is 39.8. The lowest BCUT2D eigenvalue weighted by molar-refractivity contribution is -0.145. The van der Waals surface area contributed by atoms with Crippen molar-refractivity contribution in [3.63, 3.8) is 0 Å². The molecule has 4 amide bonds. The van der Waals surface area contributed by atoms with E-state index >= 15 is 0 Å². The second-order valence-corrected chi connectivity index (χ2v) is 11.1. The van der Waals surface area contributed by atoms with Crippen LogP contribution in [0.1, 0.15) is 64.2 Å². The fourth-order valence-electron chi connectivity index (χ4n) is 4.81. The Morgan fingerprint density at radius 2 is 1.37 bits per heavy atom. The van der Waals surface area contributed by atoms with Crippen molar-refractivity contribution in [3.05, 3.63) is 0 Å². The van der Waals surface area contributed by atoms with E-state index in [9.17, 15) is 29.1 Å². The van der Waals surface area contributed by atoms with Crippen LogP contribution >= 0.6 is 0 Å². The minimum atomic E-state index is -1.23. The Labute approximate surface area is 268 Å². The predicted molar refractivity (Wildman–Crippen MR) is 173 cm³/mol. The highest BCUT2D eigenvalue weighted by atomic mass is 16.4. The molecule has 1 aliphatic rings. The summed E-state index contributed by atoms with van der Waals surface area (Å²) in [7, 11) is 0. The lowest BCUT2D eigenvalue weighted by atomic mass is 10.1. The van der Waals surface area contributed by atoms with Crippen LogP contribution in [0, 0.1) is 0 Å². The van der Waals surface area contributed by atoms with Crippen LogP contribution in [-0.4, -0.2) is 114 Å². The Kier molecular flexibility index (Phi) is 18.6. The van der Waals surface area contributed by atoms with Crippen molar-refractivity contribution in [1.29, 1.82) is 0 Å². The lowest BCUT2D eigenvalue weighted by Crippen LogP contribution is -2.58. The van der Waals surface area contributed by atoms with Crippen molar-refractivity contribution in [3.8, 4) is 0 Å². The third-order valence-electron chi connectivity index (χ3n) is 7.38. The zero-order valence-electron chi connectivity index (χ0n) is 26.4. The molecule has 1 fully saturated rings. The van der Waals surface area contributed by atoms with Gasteiger partial charge in [0.05, 0.1) is 12.1 Å². The number of carbonyl (C=O) groups excluding carboxylic acids is 4. The molecule has 1 aliphatic heterocycles. The summed E-state index contributed by atoms with van der Waals surface area (Å²) in [5, 5.41) is 17.3. The van der Waals surface area contributed by atoms with Crippen LogP contribution in [0.3, 0.4) is 0 Å². The van der Waals surface area contributed by atoms with Crippen LogP contribution in [0.25, 0.3) is 0 Å². The zero-order valence-corrected chi connectivity index (χ0v) is 26.4. The van der Waals surface area contributed by atoms with Crippen molar-refractivity contribution in [2.24, 2.45) is 50.1 Å². The van der Waals surface area contributed by atoms with E-state index in [0.717, 1.165) is 0 Å². The fraction of sp³-hybridized carbons (Fsp3) is 0.741. The van der Waals surface area contributed by atoms with Gasteiger partial charge in [-0.05, 0) is 64.2 Å². The SMILES string of the molecule is NCC(NC(=O)C(N)CCCCNC(=O)C(N)CCCCN=C(N)N)C(=O)N1CCCC1C(=O)NC(CCCN=C(N)N)C(=O)O. The molecule has 0 aromatic heterocycles. The minimum absolute atomic E-state index is 0.0209. The lowest BCUT2D eigenvalue weighted by Gasteiger charge is -2.29. The number of nitrogens with zero attached hydrogens (tertiary/aromatic N) is 3. The van der Waals surface area contributed by atoms with Crippen molar-refractivity contribution >= 4 is 41.5 Å². The van der Waals surface area contributed by atoms with E-state index < -0.39 is 53.9 Å². The summed E-state index contributed by atoms with van der Waals surface area (Å²) < 4.78 is 0. The number of likely N-dealkylation sites (tertiary alicyclic amines) is 1. The van der Waals surface area contributed by atoms with Gasteiger partial charge < -0.3 is 66.1 Å².